The summed E-state index contributed by atoms with van der Waals surface area (Å²) < 4.78 is 19.6. The lowest BCUT2D eigenvalue weighted by atomic mass is 9.99. The van der Waals surface area contributed by atoms with E-state index in [1.807, 2.05) is 45.2 Å². The molecule has 3 rings (SSSR count). The van der Waals surface area contributed by atoms with Gasteiger partial charge in [-0.05, 0) is 127 Å². The first-order valence-corrected chi connectivity index (χ1v) is 14.3. The van der Waals surface area contributed by atoms with Gasteiger partial charge in [0.2, 0.25) is 6.29 Å². The number of ether oxygens (including phenoxy) is 3. The Morgan fingerprint density at radius 1 is 0.889 bits per heavy atom. The molecule has 36 heavy (non-hydrogen) atoms. The number of benzene rings is 2. The quantitative estimate of drug-likeness (QED) is 0.213. The number of hydrogen-bond acceptors (Lipinski definition) is 9. The van der Waals surface area contributed by atoms with Gasteiger partial charge in [0.15, 0.2) is 11.9 Å². The van der Waals surface area contributed by atoms with Crippen LogP contribution in [-0.4, -0.2) is 74.2 Å². The number of hydrogen-bond donors (Lipinski definition) is 6. The molecule has 1 heterocycles. The van der Waals surface area contributed by atoms with Crippen LogP contribution in [0.4, 0.5) is 0 Å². The van der Waals surface area contributed by atoms with Crippen molar-refractivity contribution in [3.05, 3.63) is 44.1 Å². The number of carboxylic acid groups (broad SMARTS) is 2. The summed E-state index contributed by atoms with van der Waals surface area (Å²) in [5.41, 5.74) is 6.40. The third kappa shape index (κ3) is 7.01. The molecule has 1 fully saturated rings. The first-order chi connectivity index (χ1) is 16.8. The molecule has 7 N–H and O–H groups in total. The number of aliphatic hydroxyl groups excluding tert-OH is 3. The smallest absolute Gasteiger partial charge is 0.335 e. The van der Waals surface area contributed by atoms with E-state index in [9.17, 15) is 30.0 Å². The van der Waals surface area contributed by atoms with Crippen LogP contribution >= 0.6 is 90.4 Å². The predicted octanol–water partition coefficient (Wildman–Crippen LogP) is 2.12. The fraction of sp³-hybridized carbons (Fsp3) is 0.333. The van der Waals surface area contributed by atoms with Gasteiger partial charge in [-0.25, -0.2) is 4.79 Å². The highest BCUT2D eigenvalue weighted by Crippen LogP contribution is 2.38. The topological polar surface area (TPSA) is 189 Å². The van der Waals surface area contributed by atoms with Crippen molar-refractivity contribution in [1.29, 1.82) is 0 Å². The molecule has 0 aliphatic carbocycles. The Balaban J connectivity index is 1.81. The maximum absolute atomic E-state index is 11.3. The van der Waals surface area contributed by atoms with Crippen molar-refractivity contribution in [2.24, 2.45) is 5.73 Å². The number of halogens is 4. The Kier molecular flexibility index (Phi) is 10.7. The zero-order valence-corrected chi connectivity index (χ0v) is 26.5. The normalized spacial score (nSPS) is 24.7. The SMILES string of the molecule is N[C@@H](Cc1cc(I)c(Oc2cc(I)c(O[C@H]3O[C@H](C(=O)O)[C@@H](O)[C@H](O)[C@H]3O)c(I)c2)c(I)c1)C(=O)O. The summed E-state index contributed by atoms with van der Waals surface area (Å²) in [6, 6.07) is 5.91. The number of aliphatic hydroxyl groups is 3. The van der Waals surface area contributed by atoms with Gasteiger partial charge in [-0.15, -0.1) is 0 Å². The van der Waals surface area contributed by atoms with E-state index >= 15 is 0 Å². The van der Waals surface area contributed by atoms with Crippen molar-refractivity contribution >= 4 is 102 Å². The second kappa shape index (κ2) is 12.7. The molecule has 196 valence electrons. The number of aliphatic carboxylic acids is 2. The van der Waals surface area contributed by atoms with Crippen LogP contribution in [0.25, 0.3) is 0 Å². The van der Waals surface area contributed by atoms with Crippen LogP contribution in [-0.2, 0) is 20.7 Å². The van der Waals surface area contributed by atoms with Crippen molar-refractivity contribution in [2.45, 2.75) is 43.2 Å². The predicted molar refractivity (Wildman–Crippen MR) is 158 cm³/mol. The number of carbonyl (C=O) groups is 2. The van der Waals surface area contributed by atoms with Crippen molar-refractivity contribution in [3.8, 4) is 17.2 Å². The van der Waals surface area contributed by atoms with Crippen LogP contribution in [0.2, 0.25) is 0 Å². The Morgan fingerprint density at radius 3 is 1.92 bits per heavy atom. The minimum Gasteiger partial charge on any atom is -0.480 e. The third-order valence-corrected chi connectivity index (χ3v) is 8.27. The van der Waals surface area contributed by atoms with Gasteiger partial charge in [0.25, 0.3) is 0 Å². The van der Waals surface area contributed by atoms with E-state index < -0.39 is 48.7 Å². The van der Waals surface area contributed by atoms with Crippen LogP contribution in [0, 0.1) is 14.3 Å². The van der Waals surface area contributed by atoms with Crippen molar-refractivity contribution in [1.82, 2.24) is 0 Å². The zero-order valence-electron chi connectivity index (χ0n) is 17.8. The highest BCUT2D eigenvalue weighted by Gasteiger charge is 2.48. The fourth-order valence-electron chi connectivity index (χ4n) is 3.26. The molecule has 2 aromatic carbocycles. The molecule has 11 nitrogen and oxygen atoms in total. The first-order valence-electron chi connectivity index (χ1n) is 10.0. The Labute approximate surface area is 259 Å². The molecular weight excluding hydrogens is 934 g/mol. The summed E-state index contributed by atoms with van der Waals surface area (Å²) >= 11 is 8.14. The van der Waals surface area contributed by atoms with Gasteiger partial charge < -0.3 is 45.5 Å². The molecule has 1 aliphatic heterocycles. The van der Waals surface area contributed by atoms with Crippen molar-refractivity contribution in [2.75, 3.05) is 0 Å². The van der Waals surface area contributed by atoms with Gasteiger partial charge in [0.1, 0.15) is 35.9 Å². The molecule has 0 spiro atoms. The standard InChI is InChI=1S/C21H19I4NO10/c22-8-1-6(3-12(26)19(30)31)2-9(23)16(8)34-7-4-10(24)17(11(25)5-7)35-21-15(29)13(27)14(28)18(36-21)20(32)33/h1-2,4-5,12-15,18,21,27-29H,3,26H2,(H,30,31)(H,32,33)/t12-,13-,14-,15+,18-,21-/m0/s1. The number of carboxylic acids is 2. The van der Waals surface area contributed by atoms with E-state index in [1.165, 1.54) is 0 Å². The fourth-order valence-corrected chi connectivity index (χ4v) is 7.34. The molecule has 2 aromatic rings. The van der Waals surface area contributed by atoms with Crippen LogP contribution < -0.4 is 15.2 Å². The monoisotopic (exact) mass is 953 g/mol. The molecule has 15 heteroatoms. The van der Waals surface area contributed by atoms with Crippen molar-refractivity contribution in [3.63, 3.8) is 0 Å². The van der Waals surface area contributed by atoms with Crippen LogP contribution in [0.15, 0.2) is 24.3 Å². The summed E-state index contributed by atoms with van der Waals surface area (Å²) in [5.74, 6) is -1.29. The molecule has 1 aliphatic rings. The van der Waals surface area contributed by atoms with Gasteiger partial charge in [0, 0.05) is 0 Å². The van der Waals surface area contributed by atoms with Gasteiger partial charge in [-0.1, -0.05) is 0 Å². The highest BCUT2D eigenvalue weighted by molar-refractivity contribution is 14.1. The minimum absolute atomic E-state index is 0.174. The van der Waals surface area contributed by atoms with Crippen molar-refractivity contribution < 1.29 is 49.3 Å². The maximum atomic E-state index is 11.3. The summed E-state index contributed by atoms with van der Waals surface area (Å²) in [4.78, 5) is 22.4. The molecule has 0 radical (unpaired) electrons. The summed E-state index contributed by atoms with van der Waals surface area (Å²) in [6.07, 6.45) is -8.42. The van der Waals surface area contributed by atoms with Gasteiger partial charge in [-0.2, -0.15) is 0 Å². The first kappa shape index (κ1) is 30.2. The Bertz CT molecular complexity index is 1120. The van der Waals surface area contributed by atoms with E-state index in [2.05, 4.69) is 45.2 Å². The average Bonchev–Trinajstić information content (AvgIpc) is 2.78. The van der Waals surface area contributed by atoms with E-state index in [0.717, 1.165) is 12.7 Å². The second-order valence-corrected chi connectivity index (χ2v) is 12.4. The lowest BCUT2D eigenvalue weighted by Crippen LogP contribution is -2.61. The molecule has 6 atom stereocenters. The summed E-state index contributed by atoms with van der Waals surface area (Å²) in [6.45, 7) is 0. The van der Waals surface area contributed by atoms with Crippen LogP contribution in [0.5, 0.6) is 17.2 Å². The number of rotatable bonds is 8. The van der Waals surface area contributed by atoms with Gasteiger partial charge in [0.05, 0.1) is 14.3 Å². The highest BCUT2D eigenvalue weighted by atomic mass is 127. The molecule has 0 saturated carbocycles. The van der Waals surface area contributed by atoms with Crippen LogP contribution in [0.1, 0.15) is 5.56 Å². The molecule has 0 amide bonds. The molecular formula is C21H19I4NO10. The van der Waals surface area contributed by atoms with E-state index in [1.54, 1.807) is 24.3 Å². The Hall–Kier alpha value is -0.300. The molecule has 0 unspecified atom stereocenters. The van der Waals surface area contributed by atoms with Gasteiger partial charge in [-0.3, -0.25) is 4.79 Å². The summed E-state index contributed by atoms with van der Waals surface area (Å²) in [7, 11) is 0. The average molecular weight is 953 g/mol. The van der Waals surface area contributed by atoms with Crippen LogP contribution in [0.3, 0.4) is 0 Å². The number of nitrogens with two attached hydrogens (primary N) is 1. The zero-order chi connectivity index (χ0) is 26.9. The molecule has 1 saturated heterocycles. The maximum Gasteiger partial charge on any atom is 0.335 e. The lowest BCUT2D eigenvalue weighted by Gasteiger charge is -2.38. The largest absolute Gasteiger partial charge is 0.480 e. The van der Waals surface area contributed by atoms with E-state index in [4.69, 9.17) is 25.1 Å². The molecule has 0 bridgehead atoms. The minimum atomic E-state index is -1.82. The van der Waals surface area contributed by atoms with Gasteiger partial charge >= 0.3 is 11.9 Å². The second-order valence-electron chi connectivity index (χ2n) is 7.71. The van der Waals surface area contributed by atoms with E-state index in [-0.39, 0.29) is 12.2 Å². The molecule has 0 aromatic heterocycles. The Morgan fingerprint density at radius 2 is 1.42 bits per heavy atom. The van der Waals surface area contributed by atoms with E-state index in [0.29, 0.717) is 18.6 Å². The summed E-state index contributed by atoms with van der Waals surface area (Å²) in [5, 5.41) is 48.4. The lowest BCUT2D eigenvalue weighted by molar-refractivity contribution is -0.271. The third-order valence-electron chi connectivity index (χ3n) is 5.07.